The third kappa shape index (κ3) is 3.63. The SMILES string of the molecule is Cn1cccc1[C@@H]1CCC[NH+]1CC(=O)Nc1ccc(N2CCCC2)cc1. The maximum atomic E-state index is 12.6. The van der Waals surface area contributed by atoms with E-state index in [1.54, 1.807) is 0 Å². The van der Waals surface area contributed by atoms with Crippen LogP contribution in [0, 0.1) is 0 Å². The highest BCUT2D eigenvalue weighted by molar-refractivity contribution is 5.91. The van der Waals surface area contributed by atoms with Crippen LogP contribution in [-0.4, -0.2) is 36.7 Å². The van der Waals surface area contributed by atoms with E-state index in [9.17, 15) is 4.79 Å². The van der Waals surface area contributed by atoms with Crippen molar-refractivity contribution in [1.82, 2.24) is 4.57 Å². The fourth-order valence-electron chi connectivity index (χ4n) is 4.46. The van der Waals surface area contributed by atoms with E-state index in [1.165, 1.54) is 35.5 Å². The Kier molecular flexibility index (Phi) is 4.98. The first-order chi connectivity index (χ1) is 12.7. The molecule has 4 rings (SSSR count). The van der Waals surface area contributed by atoms with Gasteiger partial charge in [0, 0.05) is 50.6 Å². The summed E-state index contributed by atoms with van der Waals surface area (Å²) in [5.41, 5.74) is 3.49. The number of hydrogen-bond donors (Lipinski definition) is 2. The van der Waals surface area contributed by atoms with Crippen molar-refractivity contribution in [3.8, 4) is 0 Å². The number of quaternary nitrogens is 1. The Morgan fingerprint density at radius 3 is 2.62 bits per heavy atom. The van der Waals surface area contributed by atoms with Crippen LogP contribution in [0.25, 0.3) is 0 Å². The van der Waals surface area contributed by atoms with Crippen molar-refractivity contribution in [2.24, 2.45) is 7.05 Å². The number of aromatic nitrogens is 1. The molecule has 2 fully saturated rings. The monoisotopic (exact) mass is 353 g/mol. The molecule has 0 saturated carbocycles. The van der Waals surface area contributed by atoms with Gasteiger partial charge in [0.25, 0.3) is 5.91 Å². The number of hydrogen-bond acceptors (Lipinski definition) is 2. The zero-order valence-corrected chi connectivity index (χ0v) is 15.6. The van der Waals surface area contributed by atoms with Gasteiger partial charge in [-0.25, -0.2) is 0 Å². The van der Waals surface area contributed by atoms with Crippen molar-refractivity contribution in [1.29, 1.82) is 0 Å². The predicted octanol–water partition coefficient (Wildman–Crippen LogP) is 1.98. The summed E-state index contributed by atoms with van der Waals surface area (Å²) in [6, 6.07) is 13.0. The Balaban J connectivity index is 1.35. The lowest BCUT2D eigenvalue weighted by molar-refractivity contribution is -0.910. The van der Waals surface area contributed by atoms with Crippen molar-refractivity contribution in [3.63, 3.8) is 0 Å². The standard InChI is InChI=1S/C21H28N4O/c1-23-12-4-6-19(23)20-7-5-15-25(20)16-21(26)22-17-8-10-18(11-9-17)24-13-2-3-14-24/h4,6,8-12,20H,2-3,5,7,13-16H2,1H3,(H,22,26)/p+1/t20-/m0/s1. The van der Waals surface area contributed by atoms with Crippen molar-refractivity contribution >= 4 is 17.3 Å². The molecule has 1 amide bonds. The van der Waals surface area contributed by atoms with Gasteiger partial charge in [0.15, 0.2) is 6.54 Å². The van der Waals surface area contributed by atoms with Crippen LogP contribution in [0.4, 0.5) is 11.4 Å². The Hall–Kier alpha value is -2.27. The predicted molar refractivity (Wildman–Crippen MR) is 105 cm³/mol. The van der Waals surface area contributed by atoms with E-state index in [2.05, 4.69) is 52.3 Å². The van der Waals surface area contributed by atoms with Crippen LogP contribution in [0.2, 0.25) is 0 Å². The van der Waals surface area contributed by atoms with Gasteiger partial charge in [-0.3, -0.25) is 4.79 Å². The Morgan fingerprint density at radius 2 is 1.92 bits per heavy atom. The summed E-state index contributed by atoms with van der Waals surface area (Å²) >= 11 is 0. The largest absolute Gasteiger partial charge is 0.372 e. The molecule has 138 valence electrons. The molecule has 0 bridgehead atoms. The van der Waals surface area contributed by atoms with Crippen LogP contribution < -0.4 is 15.1 Å². The zero-order valence-electron chi connectivity index (χ0n) is 15.6. The van der Waals surface area contributed by atoms with Crippen LogP contribution in [0.15, 0.2) is 42.6 Å². The van der Waals surface area contributed by atoms with E-state index >= 15 is 0 Å². The summed E-state index contributed by atoms with van der Waals surface area (Å²) in [5.74, 6) is 0.107. The Bertz CT molecular complexity index is 746. The quantitative estimate of drug-likeness (QED) is 0.863. The maximum absolute atomic E-state index is 12.6. The minimum Gasteiger partial charge on any atom is -0.372 e. The maximum Gasteiger partial charge on any atom is 0.279 e. The van der Waals surface area contributed by atoms with Crippen molar-refractivity contribution in [3.05, 3.63) is 48.3 Å². The van der Waals surface area contributed by atoms with Crippen LogP contribution in [0.1, 0.15) is 37.4 Å². The molecule has 2 saturated heterocycles. The van der Waals surface area contributed by atoms with E-state index < -0.39 is 0 Å². The number of carbonyl (C=O) groups excluding carboxylic acids is 1. The molecule has 0 aliphatic carbocycles. The number of aryl methyl sites for hydroxylation is 1. The molecule has 1 unspecified atom stereocenters. The summed E-state index contributed by atoms with van der Waals surface area (Å²) in [6.07, 6.45) is 6.99. The fourth-order valence-corrected chi connectivity index (χ4v) is 4.46. The van der Waals surface area contributed by atoms with Crippen molar-refractivity contribution < 1.29 is 9.69 Å². The molecule has 2 aromatic rings. The number of benzene rings is 1. The van der Waals surface area contributed by atoms with Gasteiger partial charge in [0.2, 0.25) is 0 Å². The van der Waals surface area contributed by atoms with E-state index in [4.69, 9.17) is 0 Å². The van der Waals surface area contributed by atoms with Crippen LogP contribution in [-0.2, 0) is 11.8 Å². The topological polar surface area (TPSA) is 41.7 Å². The first-order valence-corrected chi connectivity index (χ1v) is 9.81. The number of rotatable bonds is 5. The third-order valence-corrected chi connectivity index (χ3v) is 5.83. The number of nitrogens with one attached hydrogen (secondary N) is 2. The first kappa shape index (κ1) is 17.2. The van der Waals surface area contributed by atoms with Crippen LogP contribution in [0.3, 0.4) is 0 Å². The number of amides is 1. The summed E-state index contributed by atoms with van der Waals surface area (Å²) in [4.78, 5) is 16.3. The smallest absolute Gasteiger partial charge is 0.279 e. The molecule has 26 heavy (non-hydrogen) atoms. The van der Waals surface area contributed by atoms with Gasteiger partial charge in [-0.2, -0.15) is 0 Å². The molecular weight excluding hydrogens is 324 g/mol. The molecule has 5 nitrogen and oxygen atoms in total. The van der Waals surface area contributed by atoms with Crippen LogP contribution >= 0.6 is 0 Å². The fraction of sp³-hybridized carbons (Fsp3) is 0.476. The molecular formula is C21H29N4O+. The molecule has 1 aromatic carbocycles. The van der Waals surface area contributed by atoms with Gasteiger partial charge in [0.05, 0.1) is 12.2 Å². The van der Waals surface area contributed by atoms with E-state index in [1.807, 2.05) is 12.1 Å². The summed E-state index contributed by atoms with van der Waals surface area (Å²) in [6.45, 7) is 3.88. The molecule has 5 heteroatoms. The highest BCUT2D eigenvalue weighted by Gasteiger charge is 2.32. The number of likely N-dealkylation sites (tertiary alicyclic amines) is 1. The minimum atomic E-state index is 0.107. The van der Waals surface area contributed by atoms with Gasteiger partial charge in [-0.05, 0) is 49.2 Å². The highest BCUT2D eigenvalue weighted by Crippen LogP contribution is 2.22. The molecule has 3 heterocycles. The zero-order chi connectivity index (χ0) is 17.9. The number of nitrogens with zero attached hydrogens (tertiary/aromatic N) is 2. The average Bonchev–Trinajstić information content (AvgIpc) is 3.37. The van der Waals surface area contributed by atoms with Crippen molar-refractivity contribution in [2.45, 2.75) is 31.7 Å². The Morgan fingerprint density at radius 1 is 1.15 bits per heavy atom. The second-order valence-corrected chi connectivity index (χ2v) is 7.61. The number of carbonyl (C=O) groups is 1. The average molecular weight is 353 g/mol. The lowest BCUT2D eigenvalue weighted by Crippen LogP contribution is -3.11. The minimum absolute atomic E-state index is 0.107. The van der Waals surface area contributed by atoms with E-state index in [0.717, 1.165) is 31.7 Å². The lowest BCUT2D eigenvalue weighted by Gasteiger charge is -2.22. The third-order valence-electron chi connectivity index (χ3n) is 5.83. The molecule has 0 spiro atoms. The van der Waals surface area contributed by atoms with Gasteiger partial charge in [-0.1, -0.05) is 0 Å². The summed E-state index contributed by atoms with van der Waals surface area (Å²) < 4.78 is 2.19. The second-order valence-electron chi connectivity index (χ2n) is 7.61. The van der Waals surface area contributed by atoms with E-state index in [0.29, 0.717) is 12.6 Å². The lowest BCUT2D eigenvalue weighted by atomic mass is 10.1. The Labute approximate surface area is 155 Å². The highest BCUT2D eigenvalue weighted by atomic mass is 16.2. The van der Waals surface area contributed by atoms with Gasteiger partial charge >= 0.3 is 0 Å². The molecule has 0 radical (unpaired) electrons. The molecule has 2 atom stereocenters. The normalized spacial score (nSPS) is 22.7. The van der Waals surface area contributed by atoms with Gasteiger partial charge < -0.3 is 19.7 Å². The molecule has 2 aliphatic rings. The summed E-state index contributed by atoms with van der Waals surface area (Å²) in [7, 11) is 2.09. The van der Waals surface area contributed by atoms with Crippen molar-refractivity contribution in [2.75, 3.05) is 36.4 Å². The second kappa shape index (κ2) is 7.54. The number of anilines is 2. The molecule has 1 aromatic heterocycles. The summed E-state index contributed by atoms with van der Waals surface area (Å²) in [5, 5.41) is 3.08. The van der Waals surface area contributed by atoms with Gasteiger partial charge in [-0.15, -0.1) is 0 Å². The molecule has 2 aliphatic heterocycles. The van der Waals surface area contributed by atoms with E-state index in [-0.39, 0.29) is 5.91 Å². The van der Waals surface area contributed by atoms with Crippen LogP contribution in [0.5, 0.6) is 0 Å². The van der Waals surface area contributed by atoms with Gasteiger partial charge in [0.1, 0.15) is 6.04 Å². The first-order valence-electron chi connectivity index (χ1n) is 9.81. The molecule has 2 N–H and O–H groups in total.